The Morgan fingerprint density at radius 3 is 2.39 bits per heavy atom. The molecule has 1 aliphatic rings. The lowest BCUT2D eigenvalue weighted by Gasteiger charge is -2.34. The first-order chi connectivity index (χ1) is 11.0. The van der Waals surface area contributed by atoms with Crippen LogP contribution in [0.4, 0.5) is 11.6 Å². The molecular formula is C13H18N6O3S. The van der Waals surface area contributed by atoms with Gasteiger partial charge in [-0.1, -0.05) is 5.16 Å². The molecule has 0 radical (unpaired) electrons. The third-order valence-corrected chi connectivity index (χ3v) is 5.55. The van der Waals surface area contributed by atoms with Gasteiger partial charge in [0.25, 0.3) is 0 Å². The maximum atomic E-state index is 12.4. The third kappa shape index (κ3) is 3.13. The Labute approximate surface area is 134 Å². The fraction of sp³-hybridized carbons (Fsp3) is 0.462. The highest BCUT2D eigenvalue weighted by Crippen LogP contribution is 2.20. The van der Waals surface area contributed by atoms with E-state index in [9.17, 15) is 8.42 Å². The fourth-order valence-corrected chi connectivity index (χ4v) is 3.64. The molecule has 1 aliphatic heterocycles. The zero-order chi connectivity index (χ0) is 16.4. The van der Waals surface area contributed by atoms with E-state index >= 15 is 0 Å². The first-order valence-corrected chi connectivity index (χ1v) is 8.58. The van der Waals surface area contributed by atoms with Crippen LogP contribution in [0.5, 0.6) is 0 Å². The van der Waals surface area contributed by atoms with Gasteiger partial charge in [0.1, 0.15) is 11.2 Å². The highest BCUT2D eigenvalue weighted by molar-refractivity contribution is 7.89. The Morgan fingerprint density at radius 2 is 1.87 bits per heavy atom. The van der Waals surface area contributed by atoms with Crippen LogP contribution in [0.3, 0.4) is 0 Å². The van der Waals surface area contributed by atoms with Crippen molar-refractivity contribution in [3.63, 3.8) is 0 Å². The minimum atomic E-state index is -3.53. The van der Waals surface area contributed by atoms with E-state index in [0.29, 0.717) is 26.2 Å². The molecule has 0 N–H and O–H groups in total. The van der Waals surface area contributed by atoms with Gasteiger partial charge in [0.15, 0.2) is 11.6 Å². The lowest BCUT2D eigenvalue weighted by atomic mass is 10.3. The van der Waals surface area contributed by atoms with E-state index in [-0.39, 0.29) is 4.90 Å². The van der Waals surface area contributed by atoms with Crippen LogP contribution < -0.4 is 9.80 Å². The van der Waals surface area contributed by atoms with Gasteiger partial charge < -0.3 is 14.3 Å². The van der Waals surface area contributed by atoms with Gasteiger partial charge in [-0.2, -0.15) is 4.31 Å². The average Bonchev–Trinajstić information content (AvgIpc) is 3.10. The Morgan fingerprint density at radius 1 is 1.13 bits per heavy atom. The summed E-state index contributed by atoms with van der Waals surface area (Å²) in [4.78, 5) is 3.98. The van der Waals surface area contributed by atoms with Crippen LogP contribution in [-0.4, -0.2) is 68.4 Å². The second kappa shape index (κ2) is 6.13. The zero-order valence-electron chi connectivity index (χ0n) is 13.0. The standard InChI is InChI=1S/C13H18N6O3S/c1-17(2)12-3-4-13(16-15-12)18-5-7-19(8-6-18)23(20,21)11-9-14-22-10-11/h3-4,9-10H,5-8H2,1-2H3. The summed E-state index contributed by atoms with van der Waals surface area (Å²) in [5.74, 6) is 1.53. The molecule has 0 aromatic carbocycles. The number of rotatable bonds is 4. The molecule has 0 aliphatic carbocycles. The van der Waals surface area contributed by atoms with Crippen molar-refractivity contribution in [2.24, 2.45) is 0 Å². The first kappa shape index (κ1) is 15.7. The number of nitrogens with zero attached hydrogens (tertiary/aromatic N) is 6. The number of anilines is 2. The number of sulfonamides is 1. The lowest BCUT2D eigenvalue weighted by molar-refractivity contribution is 0.382. The monoisotopic (exact) mass is 338 g/mol. The fourth-order valence-electron chi connectivity index (χ4n) is 2.35. The van der Waals surface area contributed by atoms with Crippen LogP contribution in [0, 0.1) is 0 Å². The molecule has 2 aromatic heterocycles. The molecule has 3 rings (SSSR count). The second-order valence-corrected chi connectivity index (χ2v) is 7.33. The first-order valence-electron chi connectivity index (χ1n) is 7.14. The predicted molar refractivity (Wildman–Crippen MR) is 83.8 cm³/mol. The molecule has 10 heteroatoms. The molecule has 124 valence electrons. The van der Waals surface area contributed by atoms with Gasteiger partial charge in [-0.25, -0.2) is 8.42 Å². The summed E-state index contributed by atoms with van der Waals surface area (Å²) in [5.41, 5.74) is 0. The van der Waals surface area contributed by atoms with E-state index in [2.05, 4.69) is 19.9 Å². The lowest BCUT2D eigenvalue weighted by Crippen LogP contribution is -2.48. The third-order valence-electron chi connectivity index (χ3n) is 3.70. The number of hydrogen-bond donors (Lipinski definition) is 0. The molecule has 1 fully saturated rings. The summed E-state index contributed by atoms with van der Waals surface area (Å²) in [5, 5.41) is 11.8. The van der Waals surface area contributed by atoms with E-state index in [0.717, 1.165) is 17.9 Å². The van der Waals surface area contributed by atoms with Gasteiger partial charge in [-0.15, -0.1) is 10.2 Å². The minimum absolute atomic E-state index is 0.0843. The molecule has 0 atom stereocenters. The van der Waals surface area contributed by atoms with Crippen LogP contribution in [0.2, 0.25) is 0 Å². The Kier molecular flexibility index (Phi) is 4.18. The van der Waals surface area contributed by atoms with Gasteiger partial charge in [-0.3, -0.25) is 0 Å². The van der Waals surface area contributed by atoms with Crippen LogP contribution in [-0.2, 0) is 10.0 Å². The number of piperazine rings is 1. The normalized spacial score (nSPS) is 16.5. The molecular weight excluding hydrogens is 320 g/mol. The van der Waals surface area contributed by atoms with Gasteiger partial charge in [0.2, 0.25) is 10.0 Å². The Balaban J connectivity index is 1.66. The molecule has 0 amide bonds. The van der Waals surface area contributed by atoms with E-state index in [1.54, 1.807) is 0 Å². The van der Waals surface area contributed by atoms with Crippen molar-refractivity contribution in [1.82, 2.24) is 19.7 Å². The molecule has 0 spiro atoms. The predicted octanol–water partition coefficient (Wildman–Crippen LogP) is 0.0415. The summed E-state index contributed by atoms with van der Waals surface area (Å²) < 4.78 is 30.8. The van der Waals surface area contributed by atoms with Crippen LogP contribution in [0.1, 0.15) is 0 Å². The summed E-state index contributed by atoms with van der Waals surface area (Å²) in [6.07, 6.45) is 2.36. The van der Waals surface area contributed by atoms with Gasteiger partial charge in [0.05, 0.1) is 6.20 Å². The maximum Gasteiger partial charge on any atom is 0.248 e. The molecule has 0 saturated carbocycles. The topological polar surface area (TPSA) is 95.7 Å². The minimum Gasteiger partial charge on any atom is -0.363 e. The highest BCUT2D eigenvalue weighted by Gasteiger charge is 2.30. The van der Waals surface area contributed by atoms with Crippen molar-refractivity contribution in [3.8, 4) is 0 Å². The van der Waals surface area contributed by atoms with Crippen molar-refractivity contribution < 1.29 is 12.9 Å². The van der Waals surface area contributed by atoms with Gasteiger partial charge in [0, 0.05) is 40.3 Å². The smallest absolute Gasteiger partial charge is 0.248 e. The van der Waals surface area contributed by atoms with Crippen LogP contribution in [0.15, 0.2) is 34.0 Å². The number of aromatic nitrogens is 3. The van der Waals surface area contributed by atoms with Gasteiger partial charge in [-0.05, 0) is 12.1 Å². The molecule has 23 heavy (non-hydrogen) atoms. The number of hydrogen-bond acceptors (Lipinski definition) is 8. The van der Waals surface area contributed by atoms with Gasteiger partial charge >= 0.3 is 0 Å². The van der Waals surface area contributed by atoms with Crippen molar-refractivity contribution in [2.45, 2.75) is 4.90 Å². The molecule has 2 aromatic rings. The summed E-state index contributed by atoms with van der Waals surface area (Å²) in [7, 11) is 0.267. The summed E-state index contributed by atoms with van der Waals surface area (Å²) in [6, 6.07) is 3.79. The Bertz CT molecular complexity index is 737. The summed E-state index contributed by atoms with van der Waals surface area (Å²) in [6.45, 7) is 1.87. The second-order valence-electron chi connectivity index (χ2n) is 5.40. The van der Waals surface area contributed by atoms with E-state index in [1.165, 1.54) is 10.5 Å². The highest BCUT2D eigenvalue weighted by atomic mass is 32.2. The summed E-state index contributed by atoms with van der Waals surface area (Å²) >= 11 is 0. The molecule has 0 bridgehead atoms. The molecule has 9 nitrogen and oxygen atoms in total. The van der Waals surface area contributed by atoms with E-state index in [4.69, 9.17) is 0 Å². The van der Waals surface area contributed by atoms with Crippen molar-refractivity contribution in [3.05, 3.63) is 24.6 Å². The zero-order valence-corrected chi connectivity index (χ0v) is 13.8. The average molecular weight is 338 g/mol. The van der Waals surface area contributed by atoms with Crippen molar-refractivity contribution in [1.29, 1.82) is 0 Å². The maximum absolute atomic E-state index is 12.4. The van der Waals surface area contributed by atoms with E-state index < -0.39 is 10.0 Å². The SMILES string of the molecule is CN(C)c1ccc(N2CCN(S(=O)(=O)c3cnoc3)CC2)nn1. The van der Waals surface area contributed by atoms with Crippen molar-refractivity contribution in [2.75, 3.05) is 50.1 Å². The molecule has 1 saturated heterocycles. The Hall–Kier alpha value is -2.20. The largest absolute Gasteiger partial charge is 0.363 e. The van der Waals surface area contributed by atoms with E-state index in [1.807, 2.05) is 36.0 Å². The van der Waals surface area contributed by atoms with Crippen molar-refractivity contribution >= 4 is 21.7 Å². The molecule has 0 unspecified atom stereocenters. The molecule has 3 heterocycles. The quantitative estimate of drug-likeness (QED) is 0.771. The van der Waals surface area contributed by atoms with Crippen LogP contribution >= 0.6 is 0 Å². The van der Waals surface area contributed by atoms with Crippen LogP contribution in [0.25, 0.3) is 0 Å².